The fourth-order valence-electron chi connectivity index (χ4n) is 3.05. The number of para-hydroxylation sites is 2. The summed E-state index contributed by atoms with van der Waals surface area (Å²) in [5.41, 5.74) is 1.46. The average molecular weight is 289 g/mol. The summed E-state index contributed by atoms with van der Waals surface area (Å²) in [7, 11) is 0. The maximum Gasteiger partial charge on any atom is 0.326 e. The van der Waals surface area contributed by atoms with Gasteiger partial charge in [0, 0.05) is 6.54 Å². The lowest BCUT2D eigenvalue weighted by molar-refractivity contribution is -0.150. The molecule has 2 atom stereocenters. The van der Waals surface area contributed by atoms with Crippen LogP contribution in [0.3, 0.4) is 0 Å². The molecule has 0 bridgehead atoms. The van der Waals surface area contributed by atoms with Crippen molar-refractivity contribution in [1.82, 2.24) is 14.9 Å². The first-order valence-corrected chi connectivity index (χ1v) is 7.29. The first kappa shape index (κ1) is 13.9. The van der Waals surface area contributed by atoms with Crippen molar-refractivity contribution in [3.05, 3.63) is 34.7 Å². The Bertz CT molecular complexity index is 703. The van der Waals surface area contributed by atoms with Gasteiger partial charge in [0.15, 0.2) is 0 Å². The molecular weight excluding hydrogens is 270 g/mol. The Balaban J connectivity index is 2.04. The van der Waals surface area contributed by atoms with Gasteiger partial charge in [-0.25, -0.2) is 4.79 Å². The Labute approximate surface area is 122 Å². The zero-order valence-corrected chi connectivity index (χ0v) is 12.0. The van der Waals surface area contributed by atoms with Crippen molar-refractivity contribution in [2.75, 3.05) is 19.7 Å². The fourth-order valence-corrected chi connectivity index (χ4v) is 3.05. The maximum absolute atomic E-state index is 12.3. The van der Waals surface area contributed by atoms with Gasteiger partial charge in [-0.2, -0.15) is 0 Å². The van der Waals surface area contributed by atoms with Crippen LogP contribution in [-0.4, -0.2) is 35.2 Å². The van der Waals surface area contributed by atoms with Crippen molar-refractivity contribution < 1.29 is 9.53 Å². The number of esters is 1. The lowest BCUT2D eigenvalue weighted by atomic mass is 9.93. The van der Waals surface area contributed by atoms with Crippen LogP contribution in [-0.2, 0) is 9.53 Å². The predicted molar refractivity (Wildman–Crippen MR) is 79.2 cm³/mol. The predicted octanol–water partition coefficient (Wildman–Crippen LogP) is 1.04. The third-order valence-electron chi connectivity index (χ3n) is 3.99. The number of aromatic nitrogens is 2. The summed E-state index contributed by atoms with van der Waals surface area (Å²) in [6.07, 6.45) is 0.727. The molecule has 0 unspecified atom stereocenters. The van der Waals surface area contributed by atoms with Crippen LogP contribution in [0.25, 0.3) is 11.0 Å². The van der Waals surface area contributed by atoms with E-state index in [0.717, 1.165) is 24.0 Å². The molecule has 0 aliphatic carbocycles. The van der Waals surface area contributed by atoms with Crippen LogP contribution < -0.4 is 11.0 Å². The molecule has 0 spiro atoms. The molecule has 1 fully saturated rings. The van der Waals surface area contributed by atoms with E-state index >= 15 is 0 Å². The monoisotopic (exact) mass is 289 g/mol. The standard InChI is InChI=1S/C15H19N3O3/c1-2-21-14(19)10-9-16-8-7-12(10)18-13-6-4-3-5-11(13)17-15(18)20/h3-6,10,12,16H,2,7-9H2,1H3,(H,17,20)/t10-,12+/m0/s1. The Morgan fingerprint density at radius 2 is 2.24 bits per heavy atom. The van der Waals surface area contributed by atoms with Gasteiger partial charge in [-0.3, -0.25) is 9.36 Å². The molecule has 0 amide bonds. The van der Waals surface area contributed by atoms with Gasteiger partial charge in [-0.1, -0.05) is 12.1 Å². The minimum Gasteiger partial charge on any atom is -0.466 e. The summed E-state index contributed by atoms with van der Waals surface area (Å²) < 4.78 is 6.86. The molecule has 1 aliphatic rings. The number of imidazole rings is 1. The Morgan fingerprint density at radius 3 is 3.05 bits per heavy atom. The van der Waals surface area contributed by atoms with Gasteiger partial charge in [0.1, 0.15) is 0 Å². The number of hydrogen-bond donors (Lipinski definition) is 2. The fraction of sp³-hybridized carbons (Fsp3) is 0.467. The van der Waals surface area contributed by atoms with Crippen LogP contribution in [0.5, 0.6) is 0 Å². The molecule has 2 heterocycles. The minimum atomic E-state index is -0.337. The number of benzene rings is 1. The molecule has 0 radical (unpaired) electrons. The summed E-state index contributed by atoms with van der Waals surface area (Å²) >= 11 is 0. The molecule has 0 saturated carbocycles. The van der Waals surface area contributed by atoms with Gasteiger partial charge in [0.05, 0.1) is 29.6 Å². The second-order valence-corrected chi connectivity index (χ2v) is 5.24. The van der Waals surface area contributed by atoms with E-state index in [1.54, 1.807) is 11.5 Å². The van der Waals surface area contributed by atoms with Crippen LogP contribution in [0, 0.1) is 5.92 Å². The summed E-state index contributed by atoms with van der Waals surface area (Å²) in [6, 6.07) is 7.37. The van der Waals surface area contributed by atoms with Crippen molar-refractivity contribution in [1.29, 1.82) is 0 Å². The number of H-pyrrole nitrogens is 1. The third kappa shape index (κ3) is 2.47. The average Bonchev–Trinajstić information content (AvgIpc) is 2.83. The van der Waals surface area contributed by atoms with Gasteiger partial charge in [0.2, 0.25) is 0 Å². The van der Waals surface area contributed by atoms with Crippen LogP contribution in [0.1, 0.15) is 19.4 Å². The number of carbonyl (C=O) groups excluding carboxylic acids is 1. The Kier molecular flexibility index (Phi) is 3.79. The number of aromatic amines is 1. The van der Waals surface area contributed by atoms with E-state index in [4.69, 9.17) is 4.74 Å². The summed E-state index contributed by atoms with van der Waals surface area (Å²) in [5, 5.41) is 3.21. The summed E-state index contributed by atoms with van der Waals surface area (Å²) in [6.45, 7) is 3.47. The van der Waals surface area contributed by atoms with Crippen molar-refractivity contribution in [2.45, 2.75) is 19.4 Å². The molecule has 1 saturated heterocycles. The summed E-state index contributed by atoms with van der Waals surface area (Å²) in [5.74, 6) is -0.581. The second kappa shape index (κ2) is 5.73. The van der Waals surface area contributed by atoms with Crippen LogP contribution in [0.4, 0.5) is 0 Å². The SMILES string of the molecule is CCOC(=O)[C@H]1CNCC[C@H]1n1c(=O)[nH]c2ccccc21. The topological polar surface area (TPSA) is 76.1 Å². The first-order chi connectivity index (χ1) is 10.2. The van der Waals surface area contributed by atoms with Crippen molar-refractivity contribution in [2.24, 2.45) is 5.92 Å². The van der Waals surface area contributed by atoms with Crippen molar-refractivity contribution in [3.63, 3.8) is 0 Å². The molecule has 6 heteroatoms. The first-order valence-electron chi connectivity index (χ1n) is 7.29. The molecule has 6 nitrogen and oxygen atoms in total. The highest BCUT2D eigenvalue weighted by Gasteiger charge is 2.34. The zero-order chi connectivity index (χ0) is 14.8. The smallest absolute Gasteiger partial charge is 0.326 e. The van der Waals surface area contributed by atoms with Crippen molar-refractivity contribution >= 4 is 17.0 Å². The maximum atomic E-state index is 12.3. The van der Waals surface area contributed by atoms with Crippen LogP contribution >= 0.6 is 0 Å². The molecular formula is C15H19N3O3. The second-order valence-electron chi connectivity index (χ2n) is 5.24. The summed E-state index contributed by atoms with van der Waals surface area (Å²) in [4.78, 5) is 27.3. The highest BCUT2D eigenvalue weighted by molar-refractivity contribution is 5.77. The Morgan fingerprint density at radius 1 is 1.43 bits per heavy atom. The number of rotatable bonds is 3. The molecule has 1 aromatic heterocycles. The molecule has 112 valence electrons. The highest BCUT2D eigenvalue weighted by Crippen LogP contribution is 2.27. The number of piperidine rings is 1. The quantitative estimate of drug-likeness (QED) is 0.828. The Hall–Kier alpha value is -2.08. The number of ether oxygens (including phenoxy) is 1. The van der Waals surface area contributed by atoms with E-state index in [2.05, 4.69) is 10.3 Å². The van der Waals surface area contributed by atoms with E-state index < -0.39 is 0 Å². The van der Waals surface area contributed by atoms with Crippen LogP contribution in [0.2, 0.25) is 0 Å². The van der Waals surface area contributed by atoms with E-state index in [9.17, 15) is 9.59 Å². The van der Waals surface area contributed by atoms with Gasteiger partial charge in [-0.05, 0) is 32.0 Å². The lowest BCUT2D eigenvalue weighted by Gasteiger charge is -2.31. The molecule has 1 aromatic carbocycles. The highest BCUT2D eigenvalue weighted by atomic mass is 16.5. The zero-order valence-electron chi connectivity index (χ0n) is 12.0. The number of nitrogens with one attached hydrogen (secondary N) is 2. The van der Waals surface area contributed by atoms with Gasteiger partial charge < -0.3 is 15.0 Å². The van der Waals surface area contributed by atoms with Gasteiger partial charge in [0.25, 0.3) is 0 Å². The molecule has 1 aliphatic heterocycles. The largest absolute Gasteiger partial charge is 0.466 e. The molecule has 21 heavy (non-hydrogen) atoms. The third-order valence-corrected chi connectivity index (χ3v) is 3.99. The number of hydrogen-bond acceptors (Lipinski definition) is 4. The number of nitrogens with zero attached hydrogens (tertiary/aromatic N) is 1. The van der Waals surface area contributed by atoms with Gasteiger partial charge >= 0.3 is 11.7 Å². The minimum absolute atomic E-state index is 0.169. The molecule has 2 N–H and O–H groups in total. The van der Waals surface area contributed by atoms with E-state index in [1.807, 2.05) is 24.3 Å². The van der Waals surface area contributed by atoms with E-state index in [-0.39, 0.29) is 23.6 Å². The molecule has 3 rings (SSSR count). The van der Waals surface area contributed by atoms with Gasteiger partial charge in [-0.15, -0.1) is 0 Å². The molecule has 2 aromatic rings. The van der Waals surface area contributed by atoms with E-state index in [1.165, 1.54) is 0 Å². The normalized spacial score (nSPS) is 22.3. The number of fused-ring (bicyclic) bond motifs is 1. The number of carbonyl (C=O) groups is 1. The van der Waals surface area contributed by atoms with E-state index in [0.29, 0.717) is 13.2 Å². The van der Waals surface area contributed by atoms with Crippen LogP contribution in [0.15, 0.2) is 29.1 Å². The lowest BCUT2D eigenvalue weighted by Crippen LogP contribution is -2.44. The van der Waals surface area contributed by atoms with Crippen molar-refractivity contribution in [3.8, 4) is 0 Å².